The van der Waals surface area contributed by atoms with E-state index in [1.165, 1.54) is 16.8 Å². The second-order valence-corrected chi connectivity index (χ2v) is 6.60. The summed E-state index contributed by atoms with van der Waals surface area (Å²) in [4.78, 5) is 13.2. The molecule has 2 aromatic carbocycles. The lowest BCUT2D eigenvalue weighted by Crippen LogP contribution is -2.33. The number of hydrazone groups is 1. The van der Waals surface area contributed by atoms with Crippen LogP contribution in [0.25, 0.3) is 16.9 Å². The standard InChI is InChI=1S/C21H21FN4O2/c1-15(23-25-11-13-28-14-12-25)19-20(16-5-3-2-4-6-16)24-26(21(19)27)18-9-7-17(22)8-10-18/h2-10,24H,11-14H2,1H3/b23-15+. The van der Waals surface area contributed by atoms with Gasteiger partial charge in [-0.2, -0.15) is 5.10 Å². The van der Waals surface area contributed by atoms with Crippen molar-refractivity contribution in [2.75, 3.05) is 26.3 Å². The number of hydrogen-bond acceptors (Lipinski definition) is 4. The number of hydrogen-bond donors (Lipinski definition) is 1. The monoisotopic (exact) mass is 380 g/mol. The van der Waals surface area contributed by atoms with Gasteiger partial charge in [0.15, 0.2) is 0 Å². The maximum atomic E-state index is 13.3. The SMILES string of the molecule is C/C(=N\N1CCOCC1)c1c(-c2ccccc2)[nH]n(-c2ccc(F)cc2)c1=O. The Morgan fingerprint density at radius 1 is 1.07 bits per heavy atom. The molecule has 0 saturated carbocycles. The zero-order chi connectivity index (χ0) is 19.5. The van der Waals surface area contributed by atoms with E-state index < -0.39 is 0 Å². The predicted molar refractivity (Wildman–Crippen MR) is 106 cm³/mol. The van der Waals surface area contributed by atoms with Gasteiger partial charge in [0.05, 0.1) is 49.0 Å². The molecular weight excluding hydrogens is 359 g/mol. The van der Waals surface area contributed by atoms with Crippen molar-refractivity contribution >= 4 is 5.71 Å². The van der Waals surface area contributed by atoms with E-state index >= 15 is 0 Å². The fraction of sp³-hybridized carbons (Fsp3) is 0.238. The molecule has 1 aromatic heterocycles. The van der Waals surface area contributed by atoms with Gasteiger partial charge >= 0.3 is 0 Å². The van der Waals surface area contributed by atoms with Gasteiger partial charge in [0.2, 0.25) is 0 Å². The molecule has 28 heavy (non-hydrogen) atoms. The third-order valence-electron chi connectivity index (χ3n) is 4.68. The fourth-order valence-corrected chi connectivity index (χ4v) is 3.27. The summed E-state index contributed by atoms with van der Waals surface area (Å²) < 4.78 is 20.1. The Balaban J connectivity index is 1.84. The van der Waals surface area contributed by atoms with Crippen LogP contribution in [0.3, 0.4) is 0 Å². The normalized spacial score (nSPS) is 15.1. The quantitative estimate of drug-likeness (QED) is 0.708. The zero-order valence-electron chi connectivity index (χ0n) is 15.6. The van der Waals surface area contributed by atoms with Gasteiger partial charge < -0.3 is 4.74 Å². The highest BCUT2D eigenvalue weighted by Gasteiger charge is 2.20. The number of ether oxygens (including phenoxy) is 1. The minimum Gasteiger partial charge on any atom is -0.378 e. The van der Waals surface area contributed by atoms with Gasteiger partial charge in [0.1, 0.15) is 5.82 Å². The number of halogens is 1. The lowest BCUT2D eigenvalue weighted by molar-refractivity contribution is 0.0393. The molecule has 1 aliphatic heterocycles. The first-order valence-electron chi connectivity index (χ1n) is 9.18. The van der Waals surface area contributed by atoms with Crippen molar-refractivity contribution in [2.45, 2.75) is 6.92 Å². The molecule has 0 unspecified atom stereocenters. The molecule has 2 heterocycles. The Hall–Kier alpha value is -3.19. The Morgan fingerprint density at radius 2 is 1.75 bits per heavy atom. The van der Waals surface area contributed by atoms with E-state index in [9.17, 15) is 9.18 Å². The van der Waals surface area contributed by atoms with Crippen molar-refractivity contribution in [1.82, 2.24) is 14.8 Å². The molecule has 3 aromatic rings. The number of morpholine rings is 1. The predicted octanol–water partition coefficient (Wildman–Crippen LogP) is 3.03. The first-order chi connectivity index (χ1) is 13.6. The summed E-state index contributed by atoms with van der Waals surface area (Å²) in [7, 11) is 0. The average Bonchev–Trinajstić information content (AvgIpc) is 3.07. The van der Waals surface area contributed by atoms with Crippen molar-refractivity contribution in [3.8, 4) is 16.9 Å². The van der Waals surface area contributed by atoms with Crippen LogP contribution in [-0.4, -0.2) is 46.8 Å². The molecule has 0 atom stereocenters. The minimum atomic E-state index is -0.350. The van der Waals surface area contributed by atoms with Crippen molar-refractivity contribution in [2.24, 2.45) is 5.10 Å². The summed E-state index contributed by atoms with van der Waals surface area (Å²) in [5.41, 5.74) is 3.04. The van der Waals surface area contributed by atoms with Crippen molar-refractivity contribution in [3.63, 3.8) is 0 Å². The number of benzene rings is 2. The Morgan fingerprint density at radius 3 is 2.43 bits per heavy atom. The molecule has 1 N–H and O–H groups in total. The highest BCUT2D eigenvalue weighted by molar-refractivity contribution is 6.03. The highest BCUT2D eigenvalue weighted by Crippen LogP contribution is 2.22. The minimum absolute atomic E-state index is 0.222. The van der Waals surface area contributed by atoms with Crippen LogP contribution in [0.4, 0.5) is 4.39 Å². The van der Waals surface area contributed by atoms with Gasteiger partial charge in [-0.05, 0) is 31.2 Å². The molecule has 144 valence electrons. The third-order valence-corrected chi connectivity index (χ3v) is 4.68. The molecule has 0 spiro atoms. The summed E-state index contributed by atoms with van der Waals surface area (Å²) in [6.07, 6.45) is 0. The van der Waals surface area contributed by atoms with Crippen LogP contribution in [0.15, 0.2) is 64.5 Å². The topological polar surface area (TPSA) is 62.6 Å². The smallest absolute Gasteiger partial charge is 0.281 e. The number of nitrogens with zero attached hydrogens (tertiary/aromatic N) is 3. The number of nitrogens with one attached hydrogen (secondary N) is 1. The molecule has 1 fully saturated rings. The highest BCUT2D eigenvalue weighted by atomic mass is 19.1. The van der Waals surface area contributed by atoms with Crippen molar-refractivity contribution in [3.05, 3.63) is 76.3 Å². The van der Waals surface area contributed by atoms with Crippen LogP contribution in [-0.2, 0) is 4.74 Å². The van der Waals surface area contributed by atoms with Crippen LogP contribution in [0.1, 0.15) is 12.5 Å². The van der Waals surface area contributed by atoms with E-state index in [-0.39, 0.29) is 11.4 Å². The molecule has 0 bridgehead atoms. The van der Waals surface area contributed by atoms with Gasteiger partial charge in [-0.1, -0.05) is 30.3 Å². The first-order valence-corrected chi connectivity index (χ1v) is 9.18. The average molecular weight is 380 g/mol. The second-order valence-electron chi connectivity index (χ2n) is 6.60. The lowest BCUT2D eigenvalue weighted by Gasteiger charge is -2.24. The van der Waals surface area contributed by atoms with E-state index in [1.54, 1.807) is 12.1 Å². The maximum Gasteiger partial charge on any atom is 0.281 e. The molecule has 1 saturated heterocycles. The lowest BCUT2D eigenvalue weighted by atomic mass is 10.1. The molecule has 4 rings (SSSR count). The van der Waals surface area contributed by atoms with Gasteiger partial charge in [0, 0.05) is 5.56 Å². The Labute approximate surface area is 161 Å². The summed E-state index contributed by atoms with van der Waals surface area (Å²) in [6.45, 7) is 4.45. The van der Waals surface area contributed by atoms with Gasteiger partial charge in [0.25, 0.3) is 5.56 Å². The number of aromatic nitrogens is 2. The zero-order valence-corrected chi connectivity index (χ0v) is 15.6. The fourth-order valence-electron chi connectivity index (χ4n) is 3.27. The van der Waals surface area contributed by atoms with E-state index in [2.05, 4.69) is 10.2 Å². The van der Waals surface area contributed by atoms with Crippen LogP contribution in [0.5, 0.6) is 0 Å². The molecule has 1 aliphatic rings. The Kier molecular flexibility index (Phi) is 5.08. The maximum absolute atomic E-state index is 13.3. The molecule has 7 heteroatoms. The van der Waals surface area contributed by atoms with E-state index in [1.807, 2.05) is 42.3 Å². The van der Waals surface area contributed by atoms with E-state index in [0.717, 1.165) is 5.56 Å². The van der Waals surface area contributed by atoms with Crippen LogP contribution >= 0.6 is 0 Å². The van der Waals surface area contributed by atoms with Crippen molar-refractivity contribution < 1.29 is 9.13 Å². The van der Waals surface area contributed by atoms with E-state index in [0.29, 0.717) is 49.0 Å². The largest absolute Gasteiger partial charge is 0.378 e. The first kappa shape index (κ1) is 18.2. The molecule has 0 amide bonds. The molecular formula is C21H21FN4O2. The van der Waals surface area contributed by atoms with Crippen LogP contribution in [0, 0.1) is 5.82 Å². The molecule has 0 aliphatic carbocycles. The summed E-state index contributed by atoms with van der Waals surface area (Å²) in [5.74, 6) is -0.350. The van der Waals surface area contributed by atoms with Gasteiger partial charge in [-0.25, -0.2) is 9.07 Å². The Bertz CT molecular complexity index is 1030. The van der Waals surface area contributed by atoms with Crippen LogP contribution < -0.4 is 5.56 Å². The summed E-state index contributed by atoms with van der Waals surface area (Å²) in [6, 6.07) is 15.4. The van der Waals surface area contributed by atoms with Gasteiger partial charge in [-0.15, -0.1) is 0 Å². The molecule has 6 nitrogen and oxygen atoms in total. The summed E-state index contributed by atoms with van der Waals surface area (Å²) in [5, 5.41) is 9.75. The summed E-state index contributed by atoms with van der Waals surface area (Å²) >= 11 is 0. The van der Waals surface area contributed by atoms with Gasteiger partial charge in [-0.3, -0.25) is 14.9 Å². The van der Waals surface area contributed by atoms with E-state index in [4.69, 9.17) is 4.74 Å². The molecule has 0 radical (unpaired) electrons. The number of rotatable bonds is 4. The number of aromatic amines is 1. The second kappa shape index (κ2) is 7.82. The van der Waals surface area contributed by atoms with Crippen molar-refractivity contribution in [1.29, 1.82) is 0 Å². The van der Waals surface area contributed by atoms with Crippen LogP contribution in [0.2, 0.25) is 0 Å². The number of H-pyrrole nitrogens is 1. The third kappa shape index (κ3) is 3.61.